The van der Waals surface area contributed by atoms with Crippen molar-refractivity contribution in [3.63, 3.8) is 0 Å². The van der Waals surface area contributed by atoms with Gasteiger partial charge in [-0.3, -0.25) is 19.3 Å². The standard InChI is InChI=1S/C22H16N2O7/c1-30-21(28)16-11-12-10-13(6-7-17(12)31-22(16)29)23-18(25)8-9-24-19(26)14-4-2-3-5-15(14)20(24)27/h2-7,10-11H,8-9H2,1H3,(H,23,25). The molecule has 1 aromatic heterocycles. The molecule has 4 rings (SSSR count). The van der Waals surface area contributed by atoms with Crippen LogP contribution in [0.25, 0.3) is 11.0 Å². The highest BCUT2D eigenvalue weighted by Gasteiger charge is 2.34. The van der Waals surface area contributed by atoms with Gasteiger partial charge in [0.05, 0.1) is 18.2 Å². The van der Waals surface area contributed by atoms with Gasteiger partial charge in [-0.2, -0.15) is 0 Å². The first-order valence-electron chi connectivity index (χ1n) is 9.30. The molecule has 31 heavy (non-hydrogen) atoms. The topological polar surface area (TPSA) is 123 Å². The lowest BCUT2D eigenvalue weighted by Gasteiger charge is -2.13. The Labute approximate surface area is 175 Å². The summed E-state index contributed by atoms with van der Waals surface area (Å²) in [6, 6.07) is 12.4. The van der Waals surface area contributed by atoms with Gasteiger partial charge in [0.25, 0.3) is 11.8 Å². The van der Waals surface area contributed by atoms with Crippen LogP contribution in [0, 0.1) is 0 Å². The third kappa shape index (κ3) is 3.68. The van der Waals surface area contributed by atoms with E-state index in [0.29, 0.717) is 22.2 Å². The molecule has 0 fully saturated rings. The summed E-state index contributed by atoms with van der Waals surface area (Å²) in [6.07, 6.45) is -0.0964. The van der Waals surface area contributed by atoms with Crippen LogP contribution in [0.3, 0.4) is 0 Å². The number of hydrogen-bond acceptors (Lipinski definition) is 7. The minimum Gasteiger partial charge on any atom is -0.465 e. The Hall–Kier alpha value is -4.27. The second-order valence-electron chi connectivity index (χ2n) is 6.80. The molecule has 0 spiro atoms. The molecule has 0 saturated carbocycles. The van der Waals surface area contributed by atoms with E-state index >= 15 is 0 Å². The van der Waals surface area contributed by atoms with Gasteiger partial charge in [0, 0.05) is 24.0 Å². The third-order valence-electron chi connectivity index (χ3n) is 4.86. The first-order valence-corrected chi connectivity index (χ1v) is 9.30. The van der Waals surface area contributed by atoms with E-state index in [4.69, 9.17) is 4.42 Å². The van der Waals surface area contributed by atoms with Crippen molar-refractivity contribution >= 4 is 40.3 Å². The lowest BCUT2D eigenvalue weighted by Crippen LogP contribution is -2.32. The van der Waals surface area contributed by atoms with E-state index in [1.807, 2.05) is 0 Å². The summed E-state index contributed by atoms with van der Waals surface area (Å²) in [7, 11) is 1.15. The molecule has 0 unspecified atom stereocenters. The Bertz CT molecular complexity index is 1270. The van der Waals surface area contributed by atoms with Crippen LogP contribution in [0.4, 0.5) is 5.69 Å². The fraction of sp³-hybridized carbons (Fsp3) is 0.136. The highest BCUT2D eigenvalue weighted by atomic mass is 16.5. The number of methoxy groups -OCH3 is 1. The summed E-state index contributed by atoms with van der Waals surface area (Å²) in [4.78, 5) is 61.6. The lowest BCUT2D eigenvalue weighted by atomic mass is 10.1. The number of amides is 3. The predicted octanol–water partition coefficient (Wildman–Crippen LogP) is 2.20. The predicted molar refractivity (Wildman–Crippen MR) is 109 cm³/mol. The maximum atomic E-state index is 12.4. The third-order valence-corrected chi connectivity index (χ3v) is 4.86. The minimum atomic E-state index is -0.828. The van der Waals surface area contributed by atoms with Crippen molar-refractivity contribution in [2.75, 3.05) is 19.0 Å². The number of nitrogens with zero attached hydrogens (tertiary/aromatic N) is 1. The molecule has 2 aromatic carbocycles. The molecule has 9 heteroatoms. The quantitative estimate of drug-likeness (QED) is 0.381. The molecule has 0 radical (unpaired) electrons. The number of rotatable bonds is 5. The van der Waals surface area contributed by atoms with Gasteiger partial charge >= 0.3 is 11.6 Å². The van der Waals surface area contributed by atoms with Gasteiger partial charge in [0.15, 0.2) is 0 Å². The van der Waals surface area contributed by atoms with Gasteiger partial charge in [-0.15, -0.1) is 0 Å². The second-order valence-corrected chi connectivity index (χ2v) is 6.80. The van der Waals surface area contributed by atoms with Crippen LogP contribution >= 0.6 is 0 Å². The molecular weight excluding hydrogens is 404 g/mol. The molecule has 3 amide bonds. The van der Waals surface area contributed by atoms with Gasteiger partial charge < -0.3 is 14.5 Å². The number of carbonyl (C=O) groups excluding carboxylic acids is 4. The molecule has 0 saturated heterocycles. The van der Waals surface area contributed by atoms with Crippen LogP contribution in [0.2, 0.25) is 0 Å². The van der Waals surface area contributed by atoms with E-state index in [1.165, 1.54) is 24.3 Å². The van der Waals surface area contributed by atoms with Crippen molar-refractivity contribution in [1.29, 1.82) is 0 Å². The Morgan fingerprint density at radius 3 is 2.32 bits per heavy atom. The van der Waals surface area contributed by atoms with Crippen molar-refractivity contribution in [1.82, 2.24) is 4.90 Å². The zero-order valence-corrected chi connectivity index (χ0v) is 16.3. The summed E-state index contributed by atoms with van der Waals surface area (Å²) >= 11 is 0. The summed E-state index contributed by atoms with van der Waals surface area (Å²) in [6.45, 7) is -0.0624. The van der Waals surface area contributed by atoms with E-state index in [9.17, 15) is 24.0 Å². The first-order chi connectivity index (χ1) is 14.9. The van der Waals surface area contributed by atoms with Crippen molar-refractivity contribution in [2.45, 2.75) is 6.42 Å². The molecule has 9 nitrogen and oxygen atoms in total. The van der Waals surface area contributed by atoms with Gasteiger partial charge in [-0.1, -0.05) is 12.1 Å². The fourth-order valence-corrected chi connectivity index (χ4v) is 3.33. The zero-order valence-electron chi connectivity index (χ0n) is 16.3. The largest absolute Gasteiger partial charge is 0.465 e. The molecule has 3 aromatic rings. The van der Waals surface area contributed by atoms with Gasteiger partial charge in [0.2, 0.25) is 5.91 Å². The van der Waals surface area contributed by atoms with Crippen LogP contribution in [-0.2, 0) is 9.53 Å². The van der Waals surface area contributed by atoms with E-state index in [1.54, 1.807) is 24.3 Å². The Balaban J connectivity index is 1.46. The molecular formula is C22H16N2O7. The van der Waals surface area contributed by atoms with Crippen molar-refractivity contribution in [3.05, 3.63) is 75.6 Å². The van der Waals surface area contributed by atoms with E-state index in [0.717, 1.165) is 12.0 Å². The summed E-state index contributed by atoms with van der Waals surface area (Å²) in [5.41, 5.74) is 0.197. The molecule has 0 atom stereocenters. The molecule has 2 heterocycles. The summed E-state index contributed by atoms with van der Waals surface area (Å²) in [5, 5.41) is 3.08. The smallest absolute Gasteiger partial charge is 0.351 e. The first kappa shape index (κ1) is 20.0. The zero-order chi connectivity index (χ0) is 22.1. The highest BCUT2D eigenvalue weighted by molar-refractivity contribution is 6.21. The number of anilines is 1. The average molecular weight is 420 g/mol. The molecule has 1 aliphatic rings. The number of hydrogen-bond donors (Lipinski definition) is 1. The number of imide groups is 1. The van der Waals surface area contributed by atoms with E-state index < -0.39 is 29.3 Å². The van der Waals surface area contributed by atoms with E-state index in [2.05, 4.69) is 10.1 Å². The van der Waals surface area contributed by atoms with Crippen LogP contribution in [0.15, 0.2) is 57.7 Å². The maximum Gasteiger partial charge on any atom is 0.351 e. The van der Waals surface area contributed by atoms with Crippen molar-refractivity contribution < 1.29 is 28.3 Å². The van der Waals surface area contributed by atoms with Crippen molar-refractivity contribution in [2.24, 2.45) is 0 Å². The minimum absolute atomic E-state index is 0.0624. The van der Waals surface area contributed by atoms with Crippen molar-refractivity contribution in [3.8, 4) is 0 Å². The number of ether oxygens (including phenoxy) is 1. The Morgan fingerprint density at radius 2 is 1.68 bits per heavy atom. The van der Waals surface area contributed by atoms with Gasteiger partial charge in [-0.05, 0) is 36.4 Å². The molecule has 1 N–H and O–H groups in total. The number of esters is 1. The molecule has 156 valence electrons. The SMILES string of the molecule is COC(=O)c1cc2cc(NC(=O)CCN3C(=O)c4ccccc4C3=O)ccc2oc1=O. The van der Waals surface area contributed by atoms with Gasteiger partial charge in [0.1, 0.15) is 11.1 Å². The number of fused-ring (bicyclic) bond motifs is 2. The Kier molecular flexibility index (Phi) is 5.08. The number of carbonyl (C=O) groups is 4. The second kappa shape index (κ2) is 7.86. The van der Waals surface area contributed by atoms with Gasteiger partial charge in [-0.25, -0.2) is 9.59 Å². The average Bonchev–Trinajstić information content (AvgIpc) is 3.01. The lowest BCUT2D eigenvalue weighted by molar-refractivity contribution is -0.116. The van der Waals surface area contributed by atoms with Crippen LogP contribution in [0.1, 0.15) is 37.5 Å². The fourth-order valence-electron chi connectivity index (χ4n) is 3.33. The molecule has 0 bridgehead atoms. The van der Waals surface area contributed by atoms with E-state index in [-0.39, 0.29) is 24.1 Å². The highest BCUT2D eigenvalue weighted by Crippen LogP contribution is 2.23. The van der Waals surface area contributed by atoms with Crippen LogP contribution in [0.5, 0.6) is 0 Å². The number of nitrogens with one attached hydrogen (secondary N) is 1. The monoisotopic (exact) mass is 420 g/mol. The maximum absolute atomic E-state index is 12.4. The molecule has 0 aliphatic carbocycles. The van der Waals surface area contributed by atoms with Crippen LogP contribution in [-0.4, -0.2) is 42.2 Å². The normalized spacial score (nSPS) is 12.7. The summed E-state index contributed by atoms with van der Waals surface area (Å²) < 4.78 is 9.65. The summed E-state index contributed by atoms with van der Waals surface area (Å²) in [5.74, 6) is -2.10. The number of benzene rings is 2. The molecule has 1 aliphatic heterocycles. The Morgan fingerprint density at radius 1 is 1.00 bits per heavy atom. The van der Waals surface area contributed by atoms with Crippen LogP contribution < -0.4 is 10.9 Å².